The van der Waals surface area contributed by atoms with Crippen molar-refractivity contribution in [2.45, 2.75) is 32.7 Å². The van der Waals surface area contributed by atoms with Crippen LogP contribution in [0.1, 0.15) is 26.7 Å². The number of amides is 2. The van der Waals surface area contributed by atoms with E-state index in [2.05, 4.69) is 5.32 Å². The predicted octanol–water partition coefficient (Wildman–Crippen LogP) is -0.292. The maximum absolute atomic E-state index is 11.9. The van der Waals surface area contributed by atoms with Crippen molar-refractivity contribution in [3.8, 4) is 0 Å². The molecule has 5 nitrogen and oxygen atoms in total. The van der Waals surface area contributed by atoms with E-state index in [1.807, 2.05) is 13.8 Å². The molecule has 1 unspecified atom stereocenters. The minimum absolute atomic E-state index is 0.0395. The summed E-state index contributed by atoms with van der Waals surface area (Å²) in [6.45, 7) is 5.59. The Morgan fingerprint density at radius 1 is 1.62 bits per heavy atom. The van der Waals surface area contributed by atoms with Gasteiger partial charge in [0.15, 0.2) is 0 Å². The number of nitrogens with one attached hydrogen (secondary N) is 1. The van der Waals surface area contributed by atoms with Crippen molar-refractivity contribution < 1.29 is 9.59 Å². The molecule has 0 aromatic carbocycles. The lowest BCUT2D eigenvalue weighted by atomic mass is 9.99. The van der Waals surface area contributed by atoms with Crippen LogP contribution in [0.3, 0.4) is 0 Å². The third kappa shape index (κ3) is 2.95. The molecule has 1 atom stereocenters. The third-order valence-corrected chi connectivity index (χ3v) is 2.80. The van der Waals surface area contributed by atoms with E-state index >= 15 is 0 Å². The molecule has 0 radical (unpaired) electrons. The van der Waals surface area contributed by atoms with Crippen molar-refractivity contribution in [2.24, 2.45) is 11.7 Å². The summed E-state index contributed by atoms with van der Waals surface area (Å²) in [6.07, 6.45) is 1.12. The van der Waals surface area contributed by atoms with Gasteiger partial charge in [0.25, 0.3) is 0 Å². The second kappa shape index (κ2) is 5.84. The molecule has 5 heteroatoms. The minimum Gasteiger partial charge on any atom is -0.353 e. The van der Waals surface area contributed by atoms with Gasteiger partial charge in [-0.2, -0.15) is 0 Å². The molecule has 3 N–H and O–H groups in total. The van der Waals surface area contributed by atoms with Gasteiger partial charge in [-0.15, -0.1) is 0 Å². The van der Waals surface area contributed by atoms with Gasteiger partial charge in [-0.3, -0.25) is 9.59 Å². The molecule has 0 aliphatic carbocycles. The quantitative estimate of drug-likeness (QED) is 0.693. The Hall–Kier alpha value is -1.10. The largest absolute Gasteiger partial charge is 0.353 e. The Morgan fingerprint density at radius 3 is 2.88 bits per heavy atom. The van der Waals surface area contributed by atoms with Gasteiger partial charge >= 0.3 is 0 Å². The minimum atomic E-state index is -0.320. The number of nitrogens with zero attached hydrogens (tertiary/aromatic N) is 1. The fourth-order valence-corrected chi connectivity index (χ4v) is 2.02. The Kier molecular flexibility index (Phi) is 4.73. The zero-order chi connectivity index (χ0) is 12.1. The monoisotopic (exact) mass is 227 g/mol. The lowest BCUT2D eigenvalue weighted by molar-refractivity contribution is -0.145. The first-order chi connectivity index (χ1) is 7.57. The summed E-state index contributed by atoms with van der Waals surface area (Å²) in [7, 11) is 0. The van der Waals surface area contributed by atoms with Crippen LogP contribution < -0.4 is 11.1 Å². The number of hydrogen-bond donors (Lipinski definition) is 2. The van der Waals surface area contributed by atoms with Crippen LogP contribution in [0.4, 0.5) is 0 Å². The SMILES string of the molecule is CC(C)C1C(=O)NCCN1C(=O)CCCN. The van der Waals surface area contributed by atoms with Crippen molar-refractivity contribution in [1.82, 2.24) is 10.2 Å². The maximum Gasteiger partial charge on any atom is 0.243 e. The van der Waals surface area contributed by atoms with Gasteiger partial charge in [-0.05, 0) is 18.9 Å². The second-order valence-electron chi connectivity index (χ2n) is 4.46. The van der Waals surface area contributed by atoms with E-state index in [0.717, 1.165) is 0 Å². The van der Waals surface area contributed by atoms with E-state index in [4.69, 9.17) is 5.73 Å². The summed E-state index contributed by atoms with van der Waals surface area (Å²) < 4.78 is 0. The van der Waals surface area contributed by atoms with Gasteiger partial charge in [0.1, 0.15) is 6.04 Å². The van der Waals surface area contributed by atoms with E-state index in [-0.39, 0.29) is 23.8 Å². The van der Waals surface area contributed by atoms with E-state index in [9.17, 15) is 9.59 Å². The third-order valence-electron chi connectivity index (χ3n) is 2.80. The van der Waals surface area contributed by atoms with Crippen molar-refractivity contribution in [3.63, 3.8) is 0 Å². The molecule has 92 valence electrons. The Bertz CT molecular complexity index is 266. The average molecular weight is 227 g/mol. The lowest BCUT2D eigenvalue weighted by Gasteiger charge is -2.37. The Morgan fingerprint density at radius 2 is 2.31 bits per heavy atom. The molecule has 0 aromatic rings. The van der Waals surface area contributed by atoms with Gasteiger partial charge in [-0.25, -0.2) is 0 Å². The number of carbonyl (C=O) groups is 2. The molecule has 2 amide bonds. The smallest absolute Gasteiger partial charge is 0.243 e. The molecule has 0 aromatic heterocycles. The lowest BCUT2D eigenvalue weighted by Crippen LogP contribution is -2.59. The van der Waals surface area contributed by atoms with Crippen LogP contribution in [0, 0.1) is 5.92 Å². The molecule has 1 rings (SSSR count). The molecule has 1 aliphatic heterocycles. The molecule has 0 bridgehead atoms. The van der Waals surface area contributed by atoms with Gasteiger partial charge in [0.2, 0.25) is 11.8 Å². The van der Waals surface area contributed by atoms with Gasteiger partial charge < -0.3 is 16.0 Å². The van der Waals surface area contributed by atoms with Gasteiger partial charge in [0, 0.05) is 19.5 Å². The average Bonchev–Trinajstić information content (AvgIpc) is 2.24. The van der Waals surface area contributed by atoms with Crippen molar-refractivity contribution in [2.75, 3.05) is 19.6 Å². The molecule has 1 fully saturated rings. The normalized spacial score (nSPS) is 21.1. The maximum atomic E-state index is 11.9. The van der Waals surface area contributed by atoms with Gasteiger partial charge in [-0.1, -0.05) is 13.8 Å². The summed E-state index contributed by atoms with van der Waals surface area (Å²) in [5.41, 5.74) is 5.38. The summed E-state index contributed by atoms with van der Waals surface area (Å²) >= 11 is 0. The molecule has 16 heavy (non-hydrogen) atoms. The van der Waals surface area contributed by atoms with Crippen LogP contribution in [0.25, 0.3) is 0 Å². The van der Waals surface area contributed by atoms with E-state index in [1.54, 1.807) is 4.90 Å². The van der Waals surface area contributed by atoms with Crippen LogP contribution >= 0.6 is 0 Å². The summed E-state index contributed by atoms with van der Waals surface area (Å²) in [5.74, 6) is 0.142. The summed E-state index contributed by atoms with van der Waals surface area (Å²) in [5, 5.41) is 2.80. The van der Waals surface area contributed by atoms with Crippen LogP contribution in [0.2, 0.25) is 0 Å². The zero-order valence-corrected chi connectivity index (χ0v) is 10.0. The topological polar surface area (TPSA) is 75.4 Å². The first-order valence-corrected chi connectivity index (χ1v) is 5.85. The molecule has 0 saturated carbocycles. The van der Waals surface area contributed by atoms with Crippen molar-refractivity contribution in [1.29, 1.82) is 0 Å². The second-order valence-corrected chi connectivity index (χ2v) is 4.46. The molecule has 0 spiro atoms. The summed E-state index contributed by atoms with van der Waals surface area (Å²) in [6, 6.07) is -0.320. The number of nitrogens with two attached hydrogens (primary N) is 1. The fraction of sp³-hybridized carbons (Fsp3) is 0.818. The number of hydrogen-bond acceptors (Lipinski definition) is 3. The highest BCUT2D eigenvalue weighted by Gasteiger charge is 2.34. The number of piperazine rings is 1. The van der Waals surface area contributed by atoms with Crippen LogP contribution in [-0.4, -0.2) is 42.4 Å². The molecular formula is C11H21N3O2. The molecule has 1 heterocycles. The molecular weight excluding hydrogens is 206 g/mol. The van der Waals surface area contributed by atoms with Gasteiger partial charge in [0.05, 0.1) is 0 Å². The van der Waals surface area contributed by atoms with Crippen molar-refractivity contribution in [3.05, 3.63) is 0 Å². The van der Waals surface area contributed by atoms with Crippen LogP contribution in [0.5, 0.6) is 0 Å². The highest BCUT2D eigenvalue weighted by atomic mass is 16.2. The van der Waals surface area contributed by atoms with Crippen LogP contribution in [0.15, 0.2) is 0 Å². The highest BCUT2D eigenvalue weighted by molar-refractivity contribution is 5.89. The standard InChI is InChI=1S/C11H21N3O2/c1-8(2)10-11(16)13-6-7-14(10)9(15)4-3-5-12/h8,10H,3-7,12H2,1-2H3,(H,13,16). The van der Waals surface area contributed by atoms with Crippen molar-refractivity contribution >= 4 is 11.8 Å². The molecule has 1 aliphatic rings. The summed E-state index contributed by atoms with van der Waals surface area (Å²) in [4.78, 5) is 25.3. The first-order valence-electron chi connectivity index (χ1n) is 5.85. The number of carbonyl (C=O) groups excluding carboxylic acids is 2. The first kappa shape index (κ1) is 13.0. The van der Waals surface area contributed by atoms with E-state index < -0.39 is 0 Å². The highest BCUT2D eigenvalue weighted by Crippen LogP contribution is 2.15. The predicted molar refractivity (Wildman–Crippen MR) is 61.6 cm³/mol. The van der Waals surface area contributed by atoms with E-state index in [1.165, 1.54) is 0 Å². The van der Waals surface area contributed by atoms with Crippen LogP contribution in [-0.2, 0) is 9.59 Å². The molecule has 1 saturated heterocycles. The Labute approximate surface area is 96.4 Å². The zero-order valence-electron chi connectivity index (χ0n) is 10.0. The fourth-order valence-electron chi connectivity index (χ4n) is 2.02. The van der Waals surface area contributed by atoms with E-state index in [0.29, 0.717) is 32.5 Å². The number of rotatable bonds is 4. The Balaban J connectivity index is 2.67.